The second-order valence-corrected chi connectivity index (χ2v) is 8.15. The van der Waals surface area contributed by atoms with E-state index in [9.17, 15) is 13.2 Å². The van der Waals surface area contributed by atoms with Gasteiger partial charge in [-0.2, -0.15) is 0 Å². The Labute approximate surface area is 153 Å². The molecule has 0 saturated carbocycles. The van der Waals surface area contributed by atoms with Crippen molar-refractivity contribution in [3.8, 4) is 5.75 Å². The van der Waals surface area contributed by atoms with Crippen LogP contribution in [0.4, 0.5) is 0 Å². The van der Waals surface area contributed by atoms with Gasteiger partial charge in [-0.3, -0.25) is 4.79 Å². The molecule has 0 aromatic heterocycles. The first kappa shape index (κ1) is 18.4. The first-order chi connectivity index (χ1) is 12.4. The SMILES string of the molecule is CS(=O)(=O)NCCc1ccc(C(=O)N[C@H]2CCOc3ccccc32)cc1. The molecule has 1 aliphatic rings. The van der Waals surface area contributed by atoms with Gasteiger partial charge in [0.2, 0.25) is 10.0 Å². The van der Waals surface area contributed by atoms with Crippen LogP contribution in [-0.4, -0.2) is 33.7 Å². The van der Waals surface area contributed by atoms with E-state index in [-0.39, 0.29) is 11.9 Å². The molecule has 0 radical (unpaired) electrons. The van der Waals surface area contributed by atoms with Crippen molar-refractivity contribution >= 4 is 15.9 Å². The highest BCUT2D eigenvalue weighted by molar-refractivity contribution is 7.88. The van der Waals surface area contributed by atoms with Crippen molar-refractivity contribution < 1.29 is 17.9 Å². The predicted molar refractivity (Wildman–Crippen MR) is 99.8 cm³/mol. The number of hydrogen-bond donors (Lipinski definition) is 2. The Bertz CT molecular complexity index is 879. The van der Waals surface area contributed by atoms with Crippen molar-refractivity contribution in [2.75, 3.05) is 19.4 Å². The highest BCUT2D eigenvalue weighted by Gasteiger charge is 2.22. The maximum Gasteiger partial charge on any atom is 0.251 e. The summed E-state index contributed by atoms with van der Waals surface area (Å²) >= 11 is 0. The minimum absolute atomic E-state index is 0.0638. The summed E-state index contributed by atoms with van der Waals surface area (Å²) in [6.45, 7) is 0.914. The smallest absolute Gasteiger partial charge is 0.251 e. The van der Waals surface area contributed by atoms with Crippen LogP contribution < -0.4 is 14.8 Å². The van der Waals surface area contributed by atoms with Crippen molar-refractivity contribution in [2.24, 2.45) is 0 Å². The monoisotopic (exact) mass is 374 g/mol. The standard InChI is InChI=1S/C19H22N2O4S/c1-26(23,24)20-12-10-14-6-8-15(9-7-14)19(22)21-17-11-13-25-18-5-3-2-4-16(17)18/h2-9,17,20H,10-13H2,1H3,(H,21,22)/t17-/m0/s1. The van der Waals surface area contributed by atoms with Crippen molar-refractivity contribution in [2.45, 2.75) is 18.9 Å². The minimum atomic E-state index is -3.18. The zero-order valence-corrected chi connectivity index (χ0v) is 15.4. The average molecular weight is 374 g/mol. The van der Waals surface area contributed by atoms with E-state index in [1.807, 2.05) is 36.4 Å². The lowest BCUT2D eigenvalue weighted by Gasteiger charge is -2.26. The molecular formula is C19H22N2O4S. The highest BCUT2D eigenvalue weighted by atomic mass is 32.2. The number of fused-ring (bicyclic) bond motifs is 1. The van der Waals surface area contributed by atoms with E-state index >= 15 is 0 Å². The molecule has 2 aromatic carbocycles. The van der Waals surface area contributed by atoms with Gasteiger partial charge >= 0.3 is 0 Å². The molecule has 0 fully saturated rings. The largest absolute Gasteiger partial charge is 0.493 e. The second-order valence-electron chi connectivity index (χ2n) is 6.31. The Balaban J connectivity index is 1.61. The molecule has 1 amide bonds. The van der Waals surface area contributed by atoms with E-state index in [4.69, 9.17) is 4.74 Å². The second kappa shape index (κ2) is 7.88. The number of para-hydroxylation sites is 1. The molecule has 7 heteroatoms. The molecule has 1 aliphatic heterocycles. The summed E-state index contributed by atoms with van der Waals surface area (Å²) in [5, 5.41) is 3.06. The summed E-state index contributed by atoms with van der Waals surface area (Å²) in [6, 6.07) is 14.9. The normalized spacial score (nSPS) is 16.4. The van der Waals surface area contributed by atoms with Crippen LogP contribution in [0.15, 0.2) is 48.5 Å². The van der Waals surface area contributed by atoms with Gasteiger partial charge in [0.25, 0.3) is 5.91 Å². The zero-order valence-electron chi connectivity index (χ0n) is 14.6. The zero-order chi connectivity index (χ0) is 18.6. The van der Waals surface area contributed by atoms with Crippen molar-refractivity contribution in [1.29, 1.82) is 0 Å². The molecule has 0 bridgehead atoms. The number of hydrogen-bond acceptors (Lipinski definition) is 4. The third-order valence-electron chi connectivity index (χ3n) is 4.26. The van der Waals surface area contributed by atoms with Gasteiger partial charge in [0.15, 0.2) is 0 Å². The van der Waals surface area contributed by atoms with Gasteiger partial charge in [-0.05, 0) is 30.2 Å². The van der Waals surface area contributed by atoms with Gasteiger partial charge in [-0.25, -0.2) is 13.1 Å². The average Bonchev–Trinajstić information content (AvgIpc) is 2.61. The lowest BCUT2D eigenvalue weighted by atomic mass is 10.00. The van der Waals surface area contributed by atoms with Gasteiger partial charge < -0.3 is 10.1 Å². The number of nitrogens with one attached hydrogen (secondary N) is 2. The van der Waals surface area contributed by atoms with Crippen molar-refractivity contribution in [3.05, 3.63) is 65.2 Å². The maximum absolute atomic E-state index is 12.5. The molecule has 26 heavy (non-hydrogen) atoms. The number of carbonyl (C=O) groups excluding carboxylic acids is 1. The number of ether oxygens (including phenoxy) is 1. The number of sulfonamides is 1. The number of amides is 1. The molecule has 0 saturated heterocycles. The van der Waals surface area contributed by atoms with Gasteiger partial charge in [-0.1, -0.05) is 30.3 Å². The Hall–Kier alpha value is -2.38. The summed E-state index contributed by atoms with van der Waals surface area (Å²) in [6.07, 6.45) is 2.44. The molecule has 3 rings (SSSR count). The lowest BCUT2D eigenvalue weighted by molar-refractivity contribution is 0.0925. The van der Waals surface area contributed by atoms with Crippen LogP contribution in [0.3, 0.4) is 0 Å². The van der Waals surface area contributed by atoms with Crippen LogP contribution in [0.1, 0.15) is 33.9 Å². The molecule has 0 spiro atoms. The minimum Gasteiger partial charge on any atom is -0.493 e. The third-order valence-corrected chi connectivity index (χ3v) is 4.99. The van der Waals surface area contributed by atoms with Crippen molar-refractivity contribution in [3.63, 3.8) is 0 Å². The first-order valence-corrected chi connectivity index (χ1v) is 10.4. The molecule has 6 nitrogen and oxygen atoms in total. The fraction of sp³-hybridized carbons (Fsp3) is 0.316. The van der Waals surface area contributed by atoms with Crippen LogP contribution >= 0.6 is 0 Å². The summed E-state index contributed by atoms with van der Waals surface area (Å²) in [7, 11) is -3.18. The Morgan fingerprint density at radius 3 is 2.62 bits per heavy atom. The van der Waals surface area contributed by atoms with Crippen LogP contribution in [0, 0.1) is 0 Å². The molecule has 1 atom stereocenters. The van der Waals surface area contributed by atoms with Gasteiger partial charge in [-0.15, -0.1) is 0 Å². The van der Waals surface area contributed by atoms with E-state index in [0.717, 1.165) is 29.6 Å². The summed E-state index contributed by atoms with van der Waals surface area (Å²) < 4.78 is 30.2. The quantitative estimate of drug-likeness (QED) is 0.810. The maximum atomic E-state index is 12.5. The van der Waals surface area contributed by atoms with Gasteiger partial charge in [0, 0.05) is 24.1 Å². The molecule has 0 aliphatic carbocycles. The van der Waals surface area contributed by atoms with E-state index in [1.165, 1.54) is 0 Å². The van der Waals surface area contributed by atoms with Crippen LogP contribution in [-0.2, 0) is 16.4 Å². The lowest BCUT2D eigenvalue weighted by Crippen LogP contribution is -2.32. The van der Waals surface area contributed by atoms with Crippen LogP contribution in [0.2, 0.25) is 0 Å². The highest BCUT2D eigenvalue weighted by Crippen LogP contribution is 2.31. The summed E-state index contributed by atoms with van der Waals surface area (Å²) in [5.74, 6) is 0.685. The third kappa shape index (κ3) is 4.83. The molecular weight excluding hydrogens is 352 g/mol. The van der Waals surface area contributed by atoms with E-state index in [2.05, 4.69) is 10.0 Å². The number of benzene rings is 2. The van der Waals surface area contributed by atoms with Crippen LogP contribution in [0.25, 0.3) is 0 Å². The predicted octanol–water partition coefficient (Wildman–Crippen LogP) is 2.03. The van der Waals surface area contributed by atoms with Gasteiger partial charge in [0.05, 0.1) is 18.9 Å². The Kier molecular flexibility index (Phi) is 5.58. The topological polar surface area (TPSA) is 84.5 Å². The molecule has 2 aromatic rings. The van der Waals surface area contributed by atoms with E-state index in [1.54, 1.807) is 12.1 Å². The Morgan fingerprint density at radius 1 is 1.15 bits per heavy atom. The molecule has 2 N–H and O–H groups in total. The fourth-order valence-corrected chi connectivity index (χ4v) is 3.41. The van der Waals surface area contributed by atoms with Gasteiger partial charge in [0.1, 0.15) is 5.75 Å². The number of carbonyl (C=O) groups is 1. The summed E-state index contributed by atoms with van der Waals surface area (Å²) in [4.78, 5) is 12.5. The molecule has 0 unspecified atom stereocenters. The first-order valence-electron chi connectivity index (χ1n) is 8.48. The van der Waals surface area contributed by atoms with E-state index < -0.39 is 10.0 Å². The number of rotatable bonds is 6. The molecule has 138 valence electrons. The van der Waals surface area contributed by atoms with E-state index in [0.29, 0.717) is 25.1 Å². The molecule has 1 heterocycles. The van der Waals surface area contributed by atoms with Crippen LogP contribution in [0.5, 0.6) is 5.75 Å². The summed E-state index contributed by atoms with van der Waals surface area (Å²) in [5.41, 5.74) is 2.54. The Morgan fingerprint density at radius 2 is 1.88 bits per heavy atom. The fourth-order valence-electron chi connectivity index (χ4n) is 2.94. The van der Waals surface area contributed by atoms with Crippen molar-refractivity contribution in [1.82, 2.24) is 10.0 Å².